The number of hydrogen-bond donors (Lipinski definition) is 1. The molecular formula is C13H14BrN3O. The molecule has 0 atom stereocenters. The van der Waals surface area contributed by atoms with Crippen LogP contribution in [0.1, 0.15) is 18.1 Å². The number of nitrogen functional groups attached to an aromatic ring is 1. The van der Waals surface area contributed by atoms with Crippen LogP contribution in [0.15, 0.2) is 35.1 Å². The Morgan fingerprint density at radius 3 is 2.89 bits per heavy atom. The first-order valence-corrected chi connectivity index (χ1v) is 6.46. The van der Waals surface area contributed by atoms with Crippen LogP contribution in [-0.4, -0.2) is 9.97 Å². The van der Waals surface area contributed by atoms with Crippen LogP contribution in [0.3, 0.4) is 0 Å². The SMILES string of the molecule is CCc1c(N)ncnc1OCc1cccc(Br)c1. The van der Waals surface area contributed by atoms with E-state index in [4.69, 9.17) is 10.5 Å². The van der Waals surface area contributed by atoms with Gasteiger partial charge in [-0.2, -0.15) is 0 Å². The molecule has 0 amide bonds. The standard InChI is InChI=1S/C13H14BrN3O/c1-2-11-12(15)16-8-17-13(11)18-7-9-4-3-5-10(14)6-9/h3-6,8H,2,7H2,1H3,(H2,15,16,17). The number of hydrogen-bond acceptors (Lipinski definition) is 4. The van der Waals surface area contributed by atoms with Crippen molar-refractivity contribution >= 4 is 21.7 Å². The van der Waals surface area contributed by atoms with Gasteiger partial charge >= 0.3 is 0 Å². The highest BCUT2D eigenvalue weighted by atomic mass is 79.9. The van der Waals surface area contributed by atoms with Gasteiger partial charge in [-0.05, 0) is 24.1 Å². The van der Waals surface area contributed by atoms with E-state index >= 15 is 0 Å². The minimum absolute atomic E-state index is 0.461. The number of nitrogens with two attached hydrogens (primary N) is 1. The molecule has 0 radical (unpaired) electrons. The van der Waals surface area contributed by atoms with Crippen molar-refractivity contribution in [3.8, 4) is 5.88 Å². The molecule has 4 nitrogen and oxygen atoms in total. The van der Waals surface area contributed by atoms with Crippen LogP contribution < -0.4 is 10.5 Å². The summed E-state index contributed by atoms with van der Waals surface area (Å²) in [7, 11) is 0. The van der Waals surface area contributed by atoms with Crippen LogP contribution in [0.5, 0.6) is 5.88 Å². The first-order chi connectivity index (χ1) is 8.70. The van der Waals surface area contributed by atoms with E-state index in [2.05, 4.69) is 25.9 Å². The van der Waals surface area contributed by atoms with Crippen LogP contribution in [0, 0.1) is 0 Å². The molecule has 2 N–H and O–H groups in total. The molecular weight excluding hydrogens is 294 g/mol. The molecule has 0 aliphatic rings. The Kier molecular flexibility index (Phi) is 4.15. The third-order valence-electron chi connectivity index (χ3n) is 2.56. The topological polar surface area (TPSA) is 61.0 Å². The molecule has 0 aliphatic carbocycles. The van der Waals surface area contributed by atoms with Gasteiger partial charge in [-0.1, -0.05) is 35.0 Å². The summed E-state index contributed by atoms with van der Waals surface area (Å²) in [6.07, 6.45) is 2.17. The highest BCUT2D eigenvalue weighted by Crippen LogP contribution is 2.21. The largest absolute Gasteiger partial charge is 0.472 e. The molecule has 2 rings (SSSR count). The Balaban J connectivity index is 2.13. The van der Waals surface area contributed by atoms with E-state index in [9.17, 15) is 0 Å². The zero-order chi connectivity index (χ0) is 13.0. The lowest BCUT2D eigenvalue weighted by Crippen LogP contribution is -2.04. The minimum atomic E-state index is 0.461. The van der Waals surface area contributed by atoms with Crippen molar-refractivity contribution in [2.24, 2.45) is 0 Å². The number of nitrogens with zero attached hydrogens (tertiary/aromatic N) is 2. The van der Waals surface area contributed by atoms with Gasteiger partial charge in [0, 0.05) is 4.47 Å². The summed E-state index contributed by atoms with van der Waals surface area (Å²) in [6, 6.07) is 7.96. The average Bonchev–Trinajstić information content (AvgIpc) is 2.36. The first kappa shape index (κ1) is 12.8. The summed E-state index contributed by atoms with van der Waals surface area (Å²) < 4.78 is 6.73. The molecule has 18 heavy (non-hydrogen) atoms. The molecule has 5 heteroatoms. The third kappa shape index (κ3) is 2.98. The van der Waals surface area contributed by atoms with Gasteiger partial charge in [0.1, 0.15) is 18.8 Å². The van der Waals surface area contributed by atoms with E-state index < -0.39 is 0 Å². The normalized spacial score (nSPS) is 10.3. The zero-order valence-electron chi connectivity index (χ0n) is 10.1. The van der Waals surface area contributed by atoms with Gasteiger partial charge in [-0.3, -0.25) is 0 Å². The van der Waals surface area contributed by atoms with Crippen molar-refractivity contribution in [3.63, 3.8) is 0 Å². The number of halogens is 1. The fraction of sp³-hybridized carbons (Fsp3) is 0.231. The highest BCUT2D eigenvalue weighted by molar-refractivity contribution is 9.10. The Labute approximate surface area is 114 Å². The monoisotopic (exact) mass is 307 g/mol. The van der Waals surface area contributed by atoms with E-state index in [1.807, 2.05) is 31.2 Å². The van der Waals surface area contributed by atoms with Crippen LogP contribution in [0.2, 0.25) is 0 Å². The summed E-state index contributed by atoms with van der Waals surface area (Å²) >= 11 is 3.43. The predicted molar refractivity (Wildman–Crippen MR) is 74.3 cm³/mol. The van der Waals surface area contributed by atoms with Crippen molar-refractivity contribution in [3.05, 3.63) is 46.2 Å². The Morgan fingerprint density at radius 1 is 1.33 bits per heavy atom. The van der Waals surface area contributed by atoms with E-state index in [1.165, 1.54) is 6.33 Å². The average molecular weight is 308 g/mol. The van der Waals surface area contributed by atoms with Gasteiger partial charge < -0.3 is 10.5 Å². The summed E-state index contributed by atoms with van der Waals surface area (Å²) in [4.78, 5) is 8.08. The second-order valence-corrected chi connectivity index (χ2v) is 4.73. The smallest absolute Gasteiger partial charge is 0.222 e. The lowest BCUT2D eigenvalue weighted by Gasteiger charge is -2.10. The number of anilines is 1. The highest BCUT2D eigenvalue weighted by Gasteiger charge is 2.08. The predicted octanol–water partition coefficient (Wildman–Crippen LogP) is 2.96. The summed E-state index contributed by atoms with van der Waals surface area (Å²) in [5.41, 5.74) is 7.71. The van der Waals surface area contributed by atoms with Crippen LogP contribution in [0.4, 0.5) is 5.82 Å². The second kappa shape index (κ2) is 5.82. The summed E-state index contributed by atoms with van der Waals surface area (Å²) in [5, 5.41) is 0. The Hall–Kier alpha value is -1.62. The Bertz CT molecular complexity index is 546. The van der Waals surface area contributed by atoms with Gasteiger partial charge in [0.2, 0.25) is 5.88 Å². The molecule has 1 aromatic heterocycles. The molecule has 94 valence electrons. The van der Waals surface area contributed by atoms with Gasteiger partial charge in [0.15, 0.2) is 0 Å². The zero-order valence-corrected chi connectivity index (χ0v) is 11.6. The molecule has 0 saturated carbocycles. The Morgan fingerprint density at radius 2 is 2.17 bits per heavy atom. The van der Waals surface area contributed by atoms with Crippen molar-refractivity contribution in [2.75, 3.05) is 5.73 Å². The maximum Gasteiger partial charge on any atom is 0.222 e. The minimum Gasteiger partial charge on any atom is -0.472 e. The third-order valence-corrected chi connectivity index (χ3v) is 3.05. The molecule has 0 bridgehead atoms. The van der Waals surface area contributed by atoms with Crippen LogP contribution >= 0.6 is 15.9 Å². The lowest BCUT2D eigenvalue weighted by atomic mass is 10.2. The molecule has 2 aromatic rings. The molecule has 0 aliphatic heterocycles. The molecule has 0 saturated heterocycles. The van der Waals surface area contributed by atoms with Crippen molar-refractivity contribution in [2.45, 2.75) is 20.0 Å². The van der Waals surface area contributed by atoms with Gasteiger partial charge in [0.25, 0.3) is 0 Å². The van der Waals surface area contributed by atoms with E-state index in [0.717, 1.165) is 22.0 Å². The maximum atomic E-state index is 5.79. The maximum absolute atomic E-state index is 5.79. The molecule has 0 unspecified atom stereocenters. The number of rotatable bonds is 4. The van der Waals surface area contributed by atoms with Crippen LogP contribution in [0.25, 0.3) is 0 Å². The van der Waals surface area contributed by atoms with Gasteiger partial charge in [-0.25, -0.2) is 9.97 Å². The lowest BCUT2D eigenvalue weighted by molar-refractivity contribution is 0.290. The van der Waals surface area contributed by atoms with Gasteiger partial charge in [0.05, 0.1) is 5.56 Å². The van der Waals surface area contributed by atoms with Gasteiger partial charge in [-0.15, -0.1) is 0 Å². The molecule has 1 heterocycles. The fourth-order valence-corrected chi connectivity index (χ4v) is 2.09. The van der Waals surface area contributed by atoms with Crippen LogP contribution in [-0.2, 0) is 13.0 Å². The quantitative estimate of drug-likeness (QED) is 0.943. The fourth-order valence-electron chi connectivity index (χ4n) is 1.64. The summed E-state index contributed by atoms with van der Waals surface area (Å²) in [5.74, 6) is 1.04. The van der Waals surface area contributed by atoms with E-state index in [0.29, 0.717) is 18.3 Å². The van der Waals surface area contributed by atoms with E-state index in [1.54, 1.807) is 0 Å². The van der Waals surface area contributed by atoms with Crippen molar-refractivity contribution in [1.82, 2.24) is 9.97 Å². The second-order valence-electron chi connectivity index (χ2n) is 3.81. The number of aromatic nitrogens is 2. The van der Waals surface area contributed by atoms with E-state index in [-0.39, 0.29) is 0 Å². The molecule has 1 aromatic carbocycles. The molecule has 0 fully saturated rings. The first-order valence-electron chi connectivity index (χ1n) is 5.67. The molecule has 0 spiro atoms. The van der Waals surface area contributed by atoms with Crippen molar-refractivity contribution < 1.29 is 4.74 Å². The van der Waals surface area contributed by atoms with Crippen molar-refractivity contribution in [1.29, 1.82) is 0 Å². The number of benzene rings is 1. The number of ether oxygens (including phenoxy) is 1. The summed E-state index contributed by atoms with van der Waals surface area (Å²) in [6.45, 7) is 2.46.